The molecule has 2 aliphatic heterocycles. The molecule has 2 aromatic heterocycles. The fourth-order valence-electron chi connectivity index (χ4n) is 6.16. The molecule has 4 heterocycles. The second-order valence-electron chi connectivity index (χ2n) is 10.2. The van der Waals surface area contributed by atoms with Gasteiger partial charge in [0.1, 0.15) is 5.82 Å². The van der Waals surface area contributed by atoms with E-state index in [0.29, 0.717) is 5.91 Å². The number of amides is 2. The van der Waals surface area contributed by atoms with Crippen molar-refractivity contribution >= 4 is 29.0 Å². The number of hydrogen-bond acceptors (Lipinski definition) is 5. The topological polar surface area (TPSA) is 56.8 Å². The Morgan fingerprint density at radius 3 is 2.52 bits per heavy atom. The van der Waals surface area contributed by atoms with E-state index in [9.17, 15) is 9.59 Å². The molecule has 6 nitrogen and oxygen atoms in total. The van der Waals surface area contributed by atoms with Crippen molar-refractivity contribution in [1.82, 2.24) is 14.8 Å². The lowest BCUT2D eigenvalue weighted by Crippen LogP contribution is -2.50. The predicted octanol–water partition coefficient (Wildman–Crippen LogP) is 3.61. The molecule has 174 valence electrons. The van der Waals surface area contributed by atoms with Crippen LogP contribution in [0.1, 0.15) is 52.9 Å². The average molecular weight is 465 g/mol. The monoisotopic (exact) mass is 464 g/mol. The fourth-order valence-corrected chi connectivity index (χ4v) is 7.29. The van der Waals surface area contributed by atoms with Gasteiger partial charge in [-0.25, -0.2) is 4.98 Å². The summed E-state index contributed by atoms with van der Waals surface area (Å²) in [5, 5.41) is 2.20. The third-order valence-corrected chi connectivity index (χ3v) is 9.46. The minimum Gasteiger partial charge on any atom is -0.353 e. The minimum absolute atomic E-state index is 0.140. The molecule has 1 saturated carbocycles. The maximum atomic E-state index is 13.3. The highest BCUT2D eigenvalue weighted by atomic mass is 32.1. The van der Waals surface area contributed by atoms with Crippen LogP contribution in [0.25, 0.3) is 0 Å². The van der Waals surface area contributed by atoms with Crippen LogP contribution in [0.4, 0.5) is 5.82 Å². The van der Waals surface area contributed by atoms with E-state index in [-0.39, 0.29) is 17.2 Å². The molecule has 2 aliphatic carbocycles. The van der Waals surface area contributed by atoms with Crippen LogP contribution in [-0.4, -0.2) is 65.9 Å². The van der Waals surface area contributed by atoms with Crippen LogP contribution in [0, 0.1) is 11.3 Å². The normalized spacial score (nSPS) is 24.0. The third-order valence-electron chi connectivity index (χ3n) is 8.40. The Morgan fingerprint density at radius 1 is 0.970 bits per heavy atom. The molecule has 2 aromatic rings. The molecule has 0 N–H and O–H groups in total. The van der Waals surface area contributed by atoms with Crippen LogP contribution in [0.3, 0.4) is 0 Å². The standard InChI is InChI=1S/C26H32N4O2S/c31-24(30-15-13-28(14-16-30)22-7-3-4-10-27-22)21-17-26(21)8-11-29(12-9-26)25(32)23-20-6-2-1-5-19(20)18-33-23/h3-4,7,10,18,21H,1-2,5-6,8-9,11-17H2/t21-/m0/s1. The number of thiophene rings is 1. The van der Waals surface area contributed by atoms with Crippen LogP contribution >= 0.6 is 11.3 Å². The number of piperidine rings is 1. The van der Waals surface area contributed by atoms with E-state index >= 15 is 0 Å². The Bertz CT molecular complexity index is 1040. The van der Waals surface area contributed by atoms with Gasteiger partial charge in [-0.3, -0.25) is 9.59 Å². The van der Waals surface area contributed by atoms with E-state index in [0.717, 1.165) is 82.1 Å². The molecular weight excluding hydrogens is 432 g/mol. The van der Waals surface area contributed by atoms with Gasteiger partial charge in [-0.15, -0.1) is 11.3 Å². The van der Waals surface area contributed by atoms with Gasteiger partial charge in [-0.2, -0.15) is 0 Å². The molecule has 0 bridgehead atoms. The number of pyridine rings is 1. The van der Waals surface area contributed by atoms with Crippen molar-refractivity contribution < 1.29 is 9.59 Å². The zero-order valence-corrected chi connectivity index (χ0v) is 20.0. The first kappa shape index (κ1) is 21.1. The SMILES string of the molecule is O=C(c1scc2c1CCCC2)N1CCC2(CC1)C[C@H]2C(=O)N1CCN(c2ccccn2)CC1. The quantitative estimate of drug-likeness (QED) is 0.696. The number of aromatic nitrogens is 1. The molecule has 1 spiro atoms. The van der Waals surface area contributed by atoms with Crippen molar-refractivity contribution in [3.8, 4) is 0 Å². The highest BCUT2D eigenvalue weighted by Gasteiger charge is 2.59. The summed E-state index contributed by atoms with van der Waals surface area (Å²) in [7, 11) is 0. The Hall–Kier alpha value is -2.41. The van der Waals surface area contributed by atoms with Crippen molar-refractivity contribution in [2.24, 2.45) is 11.3 Å². The maximum Gasteiger partial charge on any atom is 0.264 e. The summed E-state index contributed by atoms with van der Waals surface area (Å²) in [6, 6.07) is 5.98. The molecule has 3 fully saturated rings. The lowest BCUT2D eigenvalue weighted by atomic mass is 9.89. The molecule has 6 rings (SSSR count). The number of anilines is 1. The number of likely N-dealkylation sites (tertiary alicyclic amines) is 1. The third kappa shape index (κ3) is 3.84. The van der Waals surface area contributed by atoms with E-state index in [2.05, 4.69) is 25.1 Å². The summed E-state index contributed by atoms with van der Waals surface area (Å²) in [5.41, 5.74) is 2.86. The minimum atomic E-state index is 0.140. The number of carbonyl (C=O) groups is 2. The second-order valence-corrected chi connectivity index (χ2v) is 11.1. The molecule has 4 aliphatic rings. The molecular formula is C26H32N4O2S. The van der Waals surface area contributed by atoms with Gasteiger partial charge in [0.2, 0.25) is 5.91 Å². The average Bonchev–Trinajstić information content (AvgIpc) is 3.39. The molecule has 33 heavy (non-hydrogen) atoms. The molecule has 0 radical (unpaired) electrons. The van der Waals surface area contributed by atoms with E-state index < -0.39 is 0 Å². The molecule has 2 saturated heterocycles. The van der Waals surface area contributed by atoms with Crippen LogP contribution in [0.5, 0.6) is 0 Å². The maximum absolute atomic E-state index is 13.3. The van der Waals surface area contributed by atoms with Gasteiger partial charge < -0.3 is 14.7 Å². The van der Waals surface area contributed by atoms with Crippen molar-refractivity contribution in [1.29, 1.82) is 0 Å². The van der Waals surface area contributed by atoms with Crippen molar-refractivity contribution in [3.63, 3.8) is 0 Å². The largest absolute Gasteiger partial charge is 0.353 e. The zero-order valence-electron chi connectivity index (χ0n) is 19.2. The lowest BCUT2D eigenvalue weighted by Gasteiger charge is -2.37. The number of nitrogens with zero attached hydrogens (tertiary/aromatic N) is 4. The highest BCUT2D eigenvalue weighted by Crippen LogP contribution is 2.60. The first-order valence-electron chi connectivity index (χ1n) is 12.5. The first-order chi connectivity index (χ1) is 16.1. The summed E-state index contributed by atoms with van der Waals surface area (Å²) in [5.74, 6) is 1.72. The molecule has 1 atom stereocenters. The number of aryl methyl sites for hydroxylation is 1. The summed E-state index contributed by atoms with van der Waals surface area (Å²) >= 11 is 1.64. The number of carbonyl (C=O) groups excluding carboxylic acids is 2. The van der Waals surface area contributed by atoms with E-state index in [1.807, 2.05) is 24.4 Å². The van der Waals surface area contributed by atoms with Gasteiger partial charge in [0.05, 0.1) is 4.88 Å². The first-order valence-corrected chi connectivity index (χ1v) is 13.4. The predicted molar refractivity (Wildman–Crippen MR) is 130 cm³/mol. The fraction of sp³-hybridized carbons (Fsp3) is 0.577. The Kier molecular flexibility index (Phi) is 5.40. The van der Waals surface area contributed by atoms with Crippen molar-refractivity contribution in [2.45, 2.75) is 44.9 Å². The summed E-state index contributed by atoms with van der Waals surface area (Å²) in [6.07, 6.45) is 9.40. The molecule has 0 unspecified atom stereocenters. The van der Waals surface area contributed by atoms with Crippen molar-refractivity contribution in [3.05, 3.63) is 45.8 Å². The Labute approximate surface area is 199 Å². The molecule has 0 aromatic carbocycles. The summed E-state index contributed by atoms with van der Waals surface area (Å²) < 4.78 is 0. The number of rotatable bonds is 3. The van der Waals surface area contributed by atoms with Gasteiger partial charge in [0, 0.05) is 51.4 Å². The number of piperazine rings is 1. The Balaban J connectivity index is 1.03. The number of hydrogen-bond donors (Lipinski definition) is 0. The van der Waals surface area contributed by atoms with Crippen molar-refractivity contribution in [2.75, 3.05) is 44.2 Å². The van der Waals surface area contributed by atoms with Gasteiger partial charge in [0.15, 0.2) is 0 Å². The Morgan fingerprint density at radius 2 is 1.76 bits per heavy atom. The smallest absolute Gasteiger partial charge is 0.264 e. The van der Waals surface area contributed by atoms with Gasteiger partial charge in [0.25, 0.3) is 5.91 Å². The second kappa shape index (κ2) is 8.42. The van der Waals surface area contributed by atoms with Crippen LogP contribution in [-0.2, 0) is 17.6 Å². The molecule has 2 amide bonds. The van der Waals surface area contributed by atoms with E-state index in [4.69, 9.17) is 0 Å². The molecule has 7 heteroatoms. The van der Waals surface area contributed by atoms with E-state index in [1.165, 1.54) is 24.0 Å². The highest BCUT2D eigenvalue weighted by molar-refractivity contribution is 7.12. The summed E-state index contributed by atoms with van der Waals surface area (Å²) in [4.78, 5) is 38.3. The van der Waals surface area contributed by atoms with Gasteiger partial charge >= 0.3 is 0 Å². The lowest BCUT2D eigenvalue weighted by molar-refractivity contribution is -0.134. The van der Waals surface area contributed by atoms with Crippen LogP contribution in [0.2, 0.25) is 0 Å². The van der Waals surface area contributed by atoms with Crippen LogP contribution < -0.4 is 4.90 Å². The van der Waals surface area contributed by atoms with Gasteiger partial charge in [-0.05, 0) is 79.0 Å². The number of fused-ring (bicyclic) bond motifs is 1. The van der Waals surface area contributed by atoms with Gasteiger partial charge in [-0.1, -0.05) is 6.07 Å². The van der Waals surface area contributed by atoms with Crippen LogP contribution in [0.15, 0.2) is 29.8 Å². The van der Waals surface area contributed by atoms with E-state index in [1.54, 1.807) is 11.3 Å². The zero-order chi connectivity index (χ0) is 22.4. The summed E-state index contributed by atoms with van der Waals surface area (Å²) in [6.45, 7) is 4.82.